The fourth-order valence-electron chi connectivity index (χ4n) is 2.90. The SMILES string of the molecule is CCOc1ccccc1CNc1ncc(-c2ccc(Cl)cc2)n1CCOC. The van der Waals surface area contributed by atoms with Gasteiger partial charge in [0, 0.05) is 30.8 Å². The Kier molecular flexibility index (Phi) is 6.74. The molecule has 1 aromatic heterocycles. The third-order valence-corrected chi connectivity index (χ3v) is 4.48. The van der Waals surface area contributed by atoms with E-state index in [9.17, 15) is 0 Å². The largest absolute Gasteiger partial charge is 0.494 e. The van der Waals surface area contributed by atoms with Crippen LogP contribution in [0.15, 0.2) is 54.7 Å². The standard InChI is InChI=1S/C21H24ClN3O2/c1-3-27-20-7-5-4-6-17(20)14-23-21-24-15-19(25(21)12-13-26-2)16-8-10-18(22)11-9-16/h4-11,15H,3,12-14H2,1-2H3,(H,23,24). The summed E-state index contributed by atoms with van der Waals surface area (Å²) in [5.74, 6) is 1.68. The summed E-state index contributed by atoms with van der Waals surface area (Å²) in [7, 11) is 1.70. The van der Waals surface area contributed by atoms with E-state index in [0.717, 1.165) is 28.5 Å². The molecule has 5 nitrogen and oxygen atoms in total. The highest BCUT2D eigenvalue weighted by atomic mass is 35.5. The summed E-state index contributed by atoms with van der Waals surface area (Å²) in [6.07, 6.45) is 1.87. The lowest BCUT2D eigenvalue weighted by atomic mass is 10.2. The summed E-state index contributed by atoms with van der Waals surface area (Å²) in [6, 6.07) is 15.8. The van der Waals surface area contributed by atoms with Crippen molar-refractivity contribution in [2.24, 2.45) is 0 Å². The van der Waals surface area contributed by atoms with E-state index in [2.05, 4.69) is 20.9 Å². The molecular formula is C21H24ClN3O2. The third kappa shape index (κ3) is 4.81. The summed E-state index contributed by atoms with van der Waals surface area (Å²) in [5, 5.41) is 4.14. The number of halogens is 1. The Balaban J connectivity index is 1.84. The van der Waals surface area contributed by atoms with Crippen LogP contribution in [0.1, 0.15) is 12.5 Å². The zero-order valence-electron chi connectivity index (χ0n) is 15.6. The number of methoxy groups -OCH3 is 1. The van der Waals surface area contributed by atoms with Gasteiger partial charge >= 0.3 is 0 Å². The first-order chi connectivity index (χ1) is 13.2. The van der Waals surface area contributed by atoms with Gasteiger partial charge in [0.2, 0.25) is 5.95 Å². The van der Waals surface area contributed by atoms with Crippen molar-refractivity contribution >= 4 is 17.5 Å². The van der Waals surface area contributed by atoms with Crippen LogP contribution >= 0.6 is 11.6 Å². The van der Waals surface area contributed by atoms with Crippen molar-refractivity contribution in [2.75, 3.05) is 25.6 Å². The van der Waals surface area contributed by atoms with Gasteiger partial charge in [0.1, 0.15) is 5.75 Å². The van der Waals surface area contributed by atoms with E-state index in [1.165, 1.54) is 0 Å². The first kappa shape index (κ1) is 19.3. The normalized spacial score (nSPS) is 10.8. The van der Waals surface area contributed by atoms with Crippen LogP contribution in [0, 0.1) is 0 Å². The van der Waals surface area contributed by atoms with Gasteiger partial charge in [-0.3, -0.25) is 0 Å². The molecule has 2 aromatic carbocycles. The van der Waals surface area contributed by atoms with Gasteiger partial charge in [-0.2, -0.15) is 0 Å². The maximum Gasteiger partial charge on any atom is 0.203 e. The molecule has 1 N–H and O–H groups in total. The quantitative estimate of drug-likeness (QED) is 0.571. The molecule has 3 rings (SSSR count). The van der Waals surface area contributed by atoms with E-state index in [1.54, 1.807) is 7.11 Å². The monoisotopic (exact) mass is 385 g/mol. The van der Waals surface area contributed by atoms with Crippen molar-refractivity contribution in [3.8, 4) is 17.0 Å². The molecule has 0 radical (unpaired) electrons. The molecule has 0 saturated heterocycles. The molecule has 27 heavy (non-hydrogen) atoms. The van der Waals surface area contributed by atoms with E-state index in [-0.39, 0.29) is 0 Å². The lowest BCUT2D eigenvalue weighted by molar-refractivity contribution is 0.188. The van der Waals surface area contributed by atoms with Crippen molar-refractivity contribution in [3.05, 3.63) is 65.3 Å². The van der Waals surface area contributed by atoms with Crippen LogP contribution in [0.5, 0.6) is 5.75 Å². The molecule has 0 aliphatic carbocycles. The average Bonchev–Trinajstić information content (AvgIpc) is 3.09. The number of hydrogen-bond donors (Lipinski definition) is 1. The number of anilines is 1. The summed E-state index contributed by atoms with van der Waals surface area (Å²) >= 11 is 6.02. The first-order valence-corrected chi connectivity index (χ1v) is 9.35. The Hall–Kier alpha value is -2.50. The van der Waals surface area contributed by atoms with E-state index in [0.29, 0.717) is 31.3 Å². The molecule has 0 bridgehead atoms. The number of ether oxygens (including phenoxy) is 2. The molecule has 0 aliphatic heterocycles. The molecule has 1 heterocycles. The number of imidazole rings is 1. The fraction of sp³-hybridized carbons (Fsp3) is 0.286. The second-order valence-corrected chi connectivity index (χ2v) is 6.45. The van der Waals surface area contributed by atoms with Crippen LogP contribution in [-0.4, -0.2) is 29.9 Å². The highest BCUT2D eigenvalue weighted by Gasteiger charge is 2.12. The van der Waals surface area contributed by atoms with Gasteiger partial charge in [0.05, 0.1) is 25.1 Å². The minimum absolute atomic E-state index is 0.598. The Morgan fingerprint density at radius 2 is 1.89 bits per heavy atom. The lowest BCUT2D eigenvalue weighted by Crippen LogP contribution is -2.12. The van der Waals surface area contributed by atoms with Crippen molar-refractivity contribution in [2.45, 2.75) is 20.0 Å². The second kappa shape index (κ2) is 9.44. The number of aromatic nitrogens is 2. The maximum absolute atomic E-state index is 6.02. The number of rotatable bonds is 9. The minimum atomic E-state index is 0.598. The maximum atomic E-state index is 6.02. The van der Waals surface area contributed by atoms with Gasteiger partial charge in [-0.05, 0) is 30.7 Å². The Bertz CT molecular complexity index is 862. The van der Waals surface area contributed by atoms with E-state index >= 15 is 0 Å². The topological polar surface area (TPSA) is 48.3 Å². The first-order valence-electron chi connectivity index (χ1n) is 8.98. The predicted molar refractivity (Wildman–Crippen MR) is 109 cm³/mol. The summed E-state index contributed by atoms with van der Waals surface area (Å²) < 4.78 is 13.1. The molecule has 0 atom stereocenters. The average molecular weight is 386 g/mol. The van der Waals surface area contributed by atoms with Crippen molar-refractivity contribution in [1.82, 2.24) is 9.55 Å². The van der Waals surface area contributed by atoms with E-state index in [1.807, 2.05) is 55.6 Å². The Morgan fingerprint density at radius 3 is 2.63 bits per heavy atom. The van der Waals surface area contributed by atoms with Crippen molar-refractivity contribution in [3.63, 3.8) is 0 Å². The summed E-state index contributed by atoms with van der Waals surface area (Å²) in [6.45, 7) is 4.55. The zero-order chi connectivity index (χ0) is 19.1. The molecule has 6 heteroatoms. The van der Waals surface area contributed by atoms with Crippen molar-refractivity contribution in [1.29, 1.82) is 0 Å². The van der Waals surface area contributed by atoms with Crippen LogP contribution in [0.4, 0.5) is 5.95 Å². The molecule has 0 aliphatic rings. The van der Waals surface area contributed by atoms with Crippen LogP contribution in [-0.2, 0) is 17.8 Å². The van der Waals surface area contributed by atoms with Gasteiger partial charge < -0.3 is 19.4 Å². The fourth-order valence-corrected chi connectivity index (χ4v) is 3.02. The van der Waals surface area contributed by atoms with Gasteiger partial charge in [0.25, 0.3) is 0 Å². The van der Waals surface area contributed by atoms with Crippen molar-refractivity contribution < 1.29 is 9.47 Å². The van der Waals surface area contributed by atoms with Gasteiger partial charge in [0.15, 0.2) is 0 Å². The molecule has 0 spiro atoms. The smallest absolute Gasteiger partial charge is 0.203 e. The number of para-hydroxylation sites is 1. The second-order valence-electron chi connectivity index (χ2n) is 6.01. The Morgan fingerprint density at radius 1 is 1.11 bits per heavy atom. The molecule has 0 unspecified atom stereocenters. The van der Waals surface area contributed by atoms with Gasteiger partial charge in [-0.25, -0.2) is 4.98 Å². The number of hydrogen-bond acceptors (Lipinski definition) is 4. The lowest BCUT2D eigenvalue weighted by Gasteiger charge is -2.14. The number of nitrogens with zero attached hydrogens (tertiary/aromatic N) is 2. The van der Waals surface area contributed by atoms with Crippen LogP contribution in [0.25, 0.3) is 11.3 Å². The van der Waals surface area contributed by atoms with Crippen LogP contribution < -0.4 is 10.1 Å². The zero-order valence-corrected chi connectivity index (χ0v) is 16.4. The number of nitrogens with one attached hydrogen (secondary N) is 1. The number of benzene rings is 2. The van der Waals surface area contributed by atoms with Gasteiger partial charge in [-0.1, -0.05) is 41.9 Å². The molecule has 3 aromatic rings. The van der Waals surface area contributed by atoms with Crippen LogP contribution in [0.3, 0.4) is 0 Å². The molecule has 142 valence electrons. The summed E-state index contributed by atoms with van der Waals surface area (Å²) in [5.41, 5.74) is 3.17. The molecular weight excluding hydrogens is 362 g/mol. The molecule has 0 fully saturated rings. The molecule has 0 amide bonds. The van der Waals surface area contributed by atoms with Crippen LogP contribution in [0.2, 0.25) is 5.02 Å². The highest BCUT2D eigenvalue weighted by molar-refractivity contribution is 6.30. The van der Waals surface area contributed by atoms with E-state index < -0.39 is 0 Å². The third-order valence-electron chi connectivity index (χ3n) is 4.22. The summed E-state index contributed by atoms with van der Waals surface area (Å²) in [4.78, 5) is 4.58. The minimum Gasteiger partial charge on any atom is -0.494 e. The van der Waals surface area contributed by atoms with E-state index in [4.69, 9.17) is 21.1 Å². The predicted octanol–water partition coefficient (Wildman–Crippen LogP) is 4.86. The van der Waals surface area contributed by atoms with Gasteiger partial charge in [-0.15, -0.1) is 0 Å². The highest BCUT2D eigenvalue weighted by Crippen LogP contribution is 2.26. The molecule has 0 saturated carbocycles. The Labute approximate surface area is 164 Å².